The summed E-state index contributed by atoms with van der Waals surface area (Å²) in [6.07, 6.45) is 8.86. The lowest BCUT2D eigenvalue weighted by atomic mass is 9.90. The van der Waals surface area contributed by atoms with E-state index in [-0.39, 0.29) is 0 Å². The van der Waals surface area contributed by atoms with Crippen LogP contribution < -0.4 is 0 Å². The third-order valence-electron chi connectivity index (χ3n) is 1.88. The van der Waals surface area contributed by atoms with Gasteiger partial charge in [0.15, 0.2) is 0 Å². The summed E-state index contributed by atoms with van der Waals surface area (Å²) < 4.78 is 0.697. The van der Waals surface area contributed by atoms with Crippen molar-refractivity contribution in [3.05, 3.63) is 24.3 Å². The van der Waals surface area contributed by atoms with Crippen molar-refractivity contribution in [3.63, 3.8) is 0 Å². The summed E-state index contributed by atoms with van der Waals surface area (Å²) in [5.74, 6) is 1.51. The molecular weight excluding hydrogens is 235 g/mol. The molecular formula is C9H13I. The number of rotatable bonds is 1. The van der Waals surface area contributed by atoms with Gasteiger partial charge in [0.25, 0.3) is 0 Å². The molecule has 1 heteroatoms. The van der Waals surface area contributed by atoms with Crippen LogP contribution >= 0.6 is 22.6 Å². The van der Waals surface area contributed by atoms with Crippen molar-refractivity contribution < 1.29 is 0 Å². The van der Waals surface area contributed by atoms with E-state index < -0.39 is 0 Å². The monoisotopic (exact) mass is 248 g/mol. The molecule has 0 aromatic heterocycles. The molecule has 0 bridgehead atoms. The first-order valence-electron chi connectivity index (χ1n) is 3.71. The minimum Gasteiger partial charge on any atom is -0.0798 e. The SMILES string of the molecule is CC(C)C1C=CC=CC1I. The van der Waals surface area contributed by atoms with E-state index in [4.69, 9.17) is 0 Å². The second-order valence-corrected chi connectivity index (χ2v) is 4.47. The maximum absolute atomic E-state index is 2.50. The van der Waals surface area contributed by atoms with Crippen molar-refractivity contribution in [2.45, 2.75) is 17.8 Å². The molecule has 1 aliphatic rings. The highest BCUT2D eigenvalue weighted by Crippen LogP contribution is 2.26. The zero-order valence-corrected chi connectivity index (χ0v) is 8.58. The molecule has 0 N–H and O–H groups in total. The predicted molar refractivity (Wildman–Crippen MR) is 54.4 cm³/mol. The first-order valence-corrected chi connectivity index (χ1v) is 4.95. The number of alkyl halides is 1. The standard InChI is InChI=1S/C9H13I/c1-7(2)8-5-3-4-6-9(8)10/h3-9H,1-2H3. The van der Waals surface area contributed by atoms with Gasteiger partial charge in [-0.2, -0.15) is 0 Å². The van der Waals surface area contributed by atoms with Crippen molar-refractivity contribution in [3.8, 4) is 0 Å². The Morgan fingerprint density at radius 3 is 2.20 bits per heavy atom. The second kappa shape index (κ2) is 3.56. The molecule has 0 aromatic rings. The number of hydrogen-bond acceptors (Lipinski definition) is 0. The van der Waals surface area contributed by atoms with Gasteiger partial charge in [-0.1, -0.05) is 60.7 Å². The Morgan fingerprint density at radius 1 is 1.20 bits per heavy atom. The summed E-state index contributed by atoms with van der Waals surface area (Å²) in [5.41, 5.74) is 0. The maximum Gasteiger partial charge on any atom is 0.0357 e. The summed E-state index contributed by atoms with van der Waals surface area (Å²) >= 11 is 2.50. The van der Waals surface area contributed by atoms with Crippen LogP contribution in [0.2, 0.25) is 0 Å². The Morgan fingerprint density at radius 2 is 1.80 bits per heavy atom. The van der Waals surface area contributed by atoms with E-state index in [0.29, 0.717) is 3.92 Å². The van der Waals surface area contributed by atoms with E-state index in [9.17, 15) is 0 Å². The largest absolute Gasteiger partial charge is 0.0798 e. The average Bonchev–Trinajstić information content (AvgIpc) is 1.88. The van der Waals surface area contributed by atoms with Crippen molar-refractivity contribution in [1.82, 2.24) is 0 Å². The lowest BCUT2D eigenvalue weighted by Crippen LogP contribution is -2.17. The van der Waals surface area contributed by atoms with Crippen LogP contribution in [0, 0.1) is 11.8 Å². The molecule has 0 amide bonds. The summed E-state index contributed by atoms with van der Waals surface area (Å²) in [7, 11) is 0. The summed E-state index contributed by atoms with van der Waals surface area (Å²) in [6, 6.07) is 0. The number of allylic oxidation sites excluding steroid dienone is 4. The topological polar surface area (TPSA) is 0 Å². The summed E-state index contributed by atoms with van der Waals surface area (Å²) in [6.45, 7) is 4.56. The van der Waals surface area contributed by atoms with E-state index >= 15 is 0 Å². The highest BCUT2D eigenvalue weighted by atomic mass is 127. The van der Waals surface area contributed by atoms with E-state index in [1.54, 1.807) is 0 Å². The third-order valence-corrected chi connectivity index (χ3v) is 3.12. The lowest BCUT2D eigenvalue weighted by molar-refractivity contribution is 0.484. The van der Waals surface area contributed by atoms with Gasteiger partial charge in [0, 0.05) is 3.92 Å². The second-order valence-electron chi connectivity index (χ2n) is 3.04. The van der Waals surface area contributed by atoms with Crippen molar-refractivity contribution in [2.24, 2.45) is 11.8 Å². The van der Waals surface area contributed by atoms with Crippen molar-refractivity contribution >= 4 is 22.6 Å². The van der Waals surface area contributed by atoms with Crippen LogP contribution in [-0.4, -0.2) is 3.92 Å². The molecule has 56 valence electrons. The minimum atomic E-state index is 0.697. The maximum atomic E-state index is 2.50. The molecule has 10 heavy (non-hydrogen) atoms. The fraction of sp³-hybridized carbons (Fsp3) is 0.556. The smallest absolute Gasteiger partial charge is 0.0357 e. The van der Waals surface area contributed by atoms with E-state index in [1.807, 2.05) is 0 Å². The van der Waals surface area contributed by atoms with Crippen LogP contribution in [0.4, 0.5) is 0 Å². The Balaban J connectivity index is 2.61. The normalized spacial score (nSPS) is 31.6. The Kier molecular flexibility index (Phi) is 2.96. The molecule has 0 saturated carbocycles. The van der Waals surface area contributed by atoms with Gasteiger partial charge in [-0.05, 0) is 11.8 Å². The Bertz CT molecular complexity index is 156. The van der Waals surface area contributed by atoms with E-state index in [2.05, 4.69) is 60.7 Å². The minimum absolute atomic E-state index is 0.697. The zero-order chi connectivity index (χ0) is 7.56. The lowest BCUT2D eigenvalue weighted by Gasteiger charge is -2.22. The molecule has 0 aliphatic heterocycles. The van der Waals surface area contributed by atoms with Gasteiger partial charge in [0.05, 0.1) is 0 Å². The molecule has 0 aromatic carbocycles. The van der Waals surface area contributed by atoms with Crippen LogP contribution in [-0.2, 0) is 0 Å². The van der Waals surface area contributed by atoms with Gasteiger partial charge in [-0.3, -0.25) is 0 Å². The Labute approximate surface area is 76.5 Å². The fourth-order valence-electron chi connectivity index (χ4n) is 1.19. The molecule has 0 heterocycles. The number of halogens is 1. The Hall–Kier alpha value is 0.210. The highest BCUT2D eigenvalue weighted by molar-refractivity contribution is 14.1. The van der Waals surface area contributed by atoms with Crippen LogP contribution in [0.15, 0.2) is 24.3 Å². The van der Waals surface area contributed by atoms with Crippen LogP contribution in [0.1, 0.15) is 13.8 Å². The van der Waals surface area contributed by atoms with E-state index in [1.165, 1.54) is 0 Å². The predicted octanol–water partition coefficient (Wildman–Crippen LogP) is 3.19. The molecule has 0 saturated heterocycles. The first-order chi connectivity index (χ1) is 4.72. The van der Waals surface area contributed by atoms with Crippen molar-refractivity contribution in [2.75, 3.05) is 0 Å². The quantitative estimate of drug-likeness (QED) is 0.493. The molecule has 0 fully saturated rings. The van der Waals surface area contributed by atoms with Crippen LogP contribution in [0.25, 0.3) is 0 Å². The molecule has 0 spiro atoms. The third kappa shape index (κ3) is 1.84. The molecule has 0 radical (unpaired) electrons. The summed E-state index contributed by atoms with van der Waals surface area (Å²) in [4.78, 5) is 0. The van der Waals surface area contributed by atoms with Gasteiger partial charge < -0.3 is 0 Å². The van der Waals surface area contributed by atoms with Gasteiger partial charge in [0.2, 0.25) is 0 Å². The first kappa shape index (κ1) is 8.31. The van der Waals surface area contributed by atoms with Gasteiger partial charge in [0.1, 0.15) is 0 Å². The summed E-state index contributed by atoms with van der Waals surface area (Å²) in [5, 5.41) is 0. The molecule has 2 atom stereocenters. The van der Waals surface area contributed by atoms with Gasteiger partial charge in [-0.25, -0.2) is 0 Å². The zero-order valence-electron chi connectivity index (χ0n) is 6.42. The van der Waals surface area contributed by atoms with Crippen LogP contribution in [0.5, 0.6) is 0 Å². The van der Waals surface area contributed by atoms with Gasteiger partial charge >= 0.3 is 0 Å². The van der Waals surface area contributed by atoms with E-state index in [0.717, 1.165) is 11.8 Å². The van der Waals surface area contributed by atoms with Crippen molar-refractivity contribution in [1.29, 1.82) is 0 Å². The molecule has 1 aliphatic carbocycles. The van der Waals surface area contributed by atoms with Crippen LogP contribution in [0.3, 0.4) is 0 Å². The fourth-order valence-corrected chi connectivity index (χ4v) is 2.50. The van der Waals surface area contributed by atoms with Gasteiger partial charge in [-0.15, -0.1) is 0 Å². The highest BCUT2D eigenvalue weighted by Gasteiger charge is 2.18. The average molecular weight is 248 g/mol. The molecule has 0 nitrogen and oxygen atoms in total. The molecule has 2 unspecified atom stereocenters. The number of hydrogen-bond donors (Lipinski definition) is 0. The molecule has 1 rings (SSSR count).